The third-order valence-corrected chi connectivity index (χ3v) is 2.90. The number of hydroxylamine groups is 1. The number of nitrogens with one attached hydrogen (secondary N) is 2. The average molecular weight is 310 g/mol. The maximum atomic E-state index is 11.2. The van der Waals surface area contributed by atoms with Crippen molar-refractivity contribution in [2.24, 2.45) is 0 Å². The fourth-order valence-corrected chi connectivity index (χ4v) is 1.82. The molecule has 0 atom stereocenters. The van der Waals surface area contributed by atoms with Crippen molar-refractivity contribution < 1.29 is 24.2 Å². The Morgan fingerprint density at radius 2 is 2.14 bits per heavy atom. The SMILES string of the molecule is CCOC(=O)CCCCOc1ccc(C(=N)NO)c(OC)c1. The normalized spacial score (nSPS) is 9.95. The Morgan fingerprint density at radius 1 is 1.36 bits per heavy atom. The zero-order chi connectivity index (χ0) is 16.4. The molecule has 0 saturated heterocycles. The van der Waals surface area contributed by atoms with Crippen molar-refractivity contribution in [3.05, 3.63) is 23.8 Å². The minimum absolute atomic E-state index is 0.155. The monoisotopic (exact) mass is 310 g/mol. The zero-order valence-electron chi connectivity index (χ0n) is 12.8. The Labute approximate surface area is 129 Å². The number of hydrogen-bond acceptors (Lipinski definition) is 6. The van der Waals surface area contributed by atoms with Gasteiger partial charge in [0.25, 0.3) is 0 Å². The molecule has 0 aliphatic carbocycles. The fraction of sp³-hybridized carbons (Fsp3) is 0.467. The molecule has 0 radical (unpaired) electrons. The van der Waals surface area contributed by atoms with Crippen LogP contribution in [0.4, 0.5) is 0 Å². The highest BCUT2D eigenvalue weighted by Crippen LogP contribution is 2.24. The van der Waals surface area contributed by atoms with E-state index in [0.29, 0.717) is 43.1 Å². The van der Waals surface area contributed by atoms with Crippen LogP contribution in [0.25, 0.3) is 0 Å². The van der Waals surface area contributed by atoms with Gasteiger partial charge < -0.3 is 14.2 Å². The van der Waals surface area contributed by atoms with E-state index in [2.05, 4.69) is 0 Å². The van der Waals surface area contributed by atoms with E-state index in [1.807, 2.05) is 0 Å². The van der Waals surface area contributed by atoms with Crippen LogP contribution in [-0.2, 0) is 9.53 Å². The molecule has 0 bridgehead atoms. The van der Waals surface area contributed by atoms with Gasteiger partial charge in [-0.3, -0.25) is 20.9 Å². The number of hydrogen-bond donors (Lipinski definition) is 3. The van der Waals surface area contributed by atoms with Gasteiger partial charge in [0.2, 0.25) is 0 Å². The van der Waals surface area contributed by atoms with E-state index in [4.69, 9.17) is 24.8 Å². The predicted molar refractivity (Wildman–Crippen MR) is 80.7 cm³/mol. The fourth-order valence-electron chi connectivity index (χ4n) is 1.82. The van der Waals surface area contributed by atoms with Crippen molar-refractivity contribution in [2.75, 3.05) is 20.3 Å². The molecule has 0 unspecified atom stereocenters. The molecular formula is C15H22N2O5. The van der Waals surface area contributed by atoms with E-state index in [-0.39, 0.29) is 11.8 Å². The summed E-state index contributed by atoms with van der Waals surface area (Å²) >= 11 is 0. The van der Waals surface area contributed by atoms with Crippen molar-refractivity contribution >= 4 is 11.8 Å². The van der Waals surface area contributed by atoms with Crippen LogP contribution >= 0.6 is 0 Å². The first-order valence-corrected chi connectivity index (χ1v) is 7.07. The topological polar surface area (TPSA) is 101 Å². The number of unbranched alkanes of at least 4 members (excludes halogenated alkanes) is 1. The summed E-state index contributed by atoms with van der Waals surface area (Å²) in [5, 5.41) is 16.3. The molecule has 0 saturated carbocycles. The van der Waals surface area contributed by atoms with Crippen LogP contribution in [0, 0.1) is 5.41 Å². The second kappa shape index (κ2) is 9.62. The minimum Gasteiger partial charge on any atom is -0.496 e. The highest BCUT2D eigenvalue weighted by molar-refractivity contribution is 5.98. The van der Waals surface area contributed by atoms with Crippen LogP contribution < -0.4 is 15.0 Å². The summed E-state index contributed by atoms with van der Waals surface area (Å²) in [6.45, 7) is 2.65. The molecule has 1 rings (SSSR count). The van der Waals surface area contributed by atoms with E-state index in [1.165, 1.54) is 7.11 Å². The lowest BCUT2D eigenvalue weighted by Crippen LogP contribution is -2.19. The van der Waals surface area contributed by atoms with Crippen molar-refractivity contribution in [1.82, 2.24) is 5.48 Å². The summed E-state index contributed by atoms with van der Waals surface area (Å²) in [5.41, 5.74) is 2.21. The standard InChI is InChI=1S/C15H22N2O5/c1-3-21-14(18)6-4-5-9-22-11-7-8-12(15(16)17-19)13(10-11)20-2/h7-8,10,19H,3-6,9H2,1-2H3,(H2,16,17). The van der Waals surface area contributed by atoms with Crippen LogP contribution in [0.3, 0.4) is 0 Å². The number of rotatable bonds is 9. The van der Waals surface area contributed by atoms with E-state index >= 15 is 0 Å². The smallest absolute Gasteiger partial charge is 0.305 e. The lowest BCUT2D eigenvalue weighted by Gasteiger charge is -2.12. The van der Waals surface area contributed by atoms with Gasteiger partial charge in [0.15, 0.2) is 5.84 Å². The molecule has 0 amide bonds. The number of carbonyl (C=O) groups excluding carboxylic acids is 1. The number of ether oxygens (including phenoxy) is 3. The summed E-state index contributed by atoms with van der Waals surface area (Å²) in [6.07, 6.45) is 1.82. The molecule has 0 aliphatic rings. The molecule has 1 aromatic carbocycles. The Bertz CT molecular complexity index is 505. The molecule has 122 valence electrons. The Hall–Kier alpha value is -2.28. The van der Waals surface area contributed by atoms with Crippen LogP contribution in [0.1, 0.15) is 31.7 Å². The molecule has 0 heterocycles. The first kappa shape index (κ1) is 17.8. The number of esters is 1. The highest BCUT2D eigenvalue weighted by atomic mass is 16.5. The molecule has 3 N–H and O–H groups in total. The van der Waals surface area contributed by atoms with Crippen molar-refractivity contribution in [2.45, 2.75) is 26.2 Å². The van der Waals surface area contributed by atoms with Crippen LogP contribution in [-0.4, -0.2) is 37.3 Å². The van der Waals surface area contributed by atoms with Gasteiger partial charge in [0, 0.05) is 12.5 Å². The molecule has 7 nitrogen and oxygen atoms in total. The van der Waals surface area contributed by atoms with Crippen LogP contribution in [0.2, 0.25) is 0 Å². The molecular weight excluding hydrogens is 288 g/mol. The summed E-state index contributed by atoms with van der Waals surface area (Å²) in [6, 6.07) is 4.96. The molecule has 0 aliphatic heterocycles. The first-order chi connectivity index (χ1) is 10.6. The Balaban J connectivity index is 2.43. The first-order valence-electron chi connectivity index (χ1n) is 7.07. The second-order valence-electron chi connectivity index (χ2n) is 4.46. The third kappa shape index (κ3) is 5.61. The van der Waals surface area contributed by atoms with Gasteiger partial charge in [0.1, 0.15) is 11.5 Å². The maximum Gasteiger partial charge on any atom is 0.305 e. The van der Waals surface area contributed by atoms with Crippen LogP contribution in [0.15, 0.2) is 18.2 Å². The summed E-state index contributed by atoms with van der Waals surface area (Å²) in [4.78, 5) is 11.2. The van der Waals surface area contributed by atoms with Gasteiger partial charge in [0.05, 0.1) is 25.9 Å². The number of amidine groups is 1. The Kier molecular flexibility index (Phi) is 7.77. The zero-order valence-corrected chi connectivity index (χ0v) is 12.8. The van der Waals surface area contributed by atoms with E-state index in [0.717, 1.165) is 6.42 Å². The highest BCUT2D eigenvalue weighted by Gasteiger charge is 2.09. The minimum atomic E-state index is -0.191. The summed E-state index contributed by atoms with van der Waals surface area (Å²) in [7, 11) is 1.48. The Morgan fingerprint density at radius 3 is 2.77 bits per heavy atom. The maximum absolute atomic E-state index is 11.2. The van der Waals surface area contributed by atoms with Crippen LogP contribution in [0.5, 0.6) is 11.5 Å². The summed E-state index contributed by atoms with van der Waals surface area (Å²) < 4.78 is 15.6. The molecule has 0 fully saturated rings. The lowest BCUT2D eigenvalue weighted by molar-refractivity contribution is -0.143. The van der Waals surface area contributed by atoms with Gasteiger partial charge in [-0.2, -0.15) is 0 Å². The quantitative estimate of drug-likeness (QED) is 0.212. The molecule has 22 heavy (non-hydrogen) atoms. The molecule has 7 heteroatoms. The van der Waals surface area contributed by atoms with Gasteiger partial charge in [-0.15, -0.1) is 0 Å². The average Bonchev–Trinajstić information content (AvgIpc) is 2.53. The molecule has 1 aromatic rings. The van der Waals surface area contributed by atoms with Crippen molar-refractivity contribution in [1.29, 1.82) is 5.41 Å². The number of methoxy groups -OCH3 is 1. The van der Waals surface area contributed by atoms with E-state index in [1.54, 1.807) is 30.6 Å². The van der Waals surface area contributed by atoms with Gasteiger partial charge in [-0.1, -0.05) is 0 Å². The molecule has 0 spiro atoms. The van der Waals surface area contributed by atoms with Crippen molar-refractivity contribution in [3.63, 3.8) is 0 Å². The number of carbonyl (C=O) groups is 1. The van der Waals surface area contributed by atoms with Crippen molar-refractivity contribution in [3.8, 4) is 11.5 Å². The predicted octanol–water partition coefficient (Wildman–Crippen LogP) is 2.11. The lowest BCUT2D eigenvalue weighted by atomic mass is 10.1. The number of benzene rings is 1. The van der Waals surface area contributed by atoms with Gasteiger partial charge in [-0.25, -0.2) is 0 Å². The van der Waals surface area contributed by atoms with Gasteiger partial charge in [-0.05, 0) is 31.9 Å². The summed E-state index contributed by atoms with van der Waals surface area (Å²) in [5.74, 6) is 0.680. The third-order valence-electron chi connectivity index (χ3n) is 2.90. The molecule has 0 aromatic heterocycles. The van der Waals surface area contributed by atoms with E-state index in [9.17, 15) is 4.79 Å². The second-order valence-corrected chi connectivity index (χ2v) is 4.46. The largest absolute Gasteiger partial charge is 0.496 e. The van der Waals surface area contributed by atoms with E-state index < -0.39 is 0 Å². The van der Waals surface area contributed by atoms with Gasteiger partial charge >= 0.3 is 5.97 Å².